The Morgan fingerprint density at radius 2 is 1.73 bits per heavy atom. The summed E-state index contributed by atoms with van der Waals surface area (Å²) in [5, 5.41) is 0.491. The average molecular weight is 316 g/mol. The van der Waals surface area contributed by atoms with Crippen molar-refractivity contribution in [3.8, 4) is 0 Å². The molecule has 0 aliphatic carbocycles. The number of morpholine rings is 1. The van der Waals surface area contributed by atoms with Gasteiger partial charge in [-0.1, -0.05) is 48.0 Å². The smallest absolute Gasteiger partial charge is 0.194 e. The van der Waals surface area contributed by atoms with Gasteiger partial charge in [0.05, 0.1) is 18.2 Å². The molecule has 0 aromatic heterocycles. The van der Waals surface area contributed by atoms with Crippen molar-refractivity contribution >= 4 is 17.4 Å². The Morgan fingerprint density at radius 3 is 2.41 bits per heavy atom. The van der Waals surface area contributed by atoms with E-state index in [0.29, 0.717) is 16.1 Å². The van der Waals surface area contributed by atoms with E-state index in [0.717, 1.165) is 32.8 Å². The third-order valence-corrected chi connectivity index (χ3v) is 4.17. The van der Waals surface area contributed by atoms with Crippen LogP contribution in [0.3, 0.4) is 0 Å². The lowest BCUT2D eigenvalue weighted by Gasteiger charge is -2.26. The molecule has 0 amide bonds. The first-order valence-corrected chi connectivity index (χ1v) is 7.80. The second-order valence-corrected chi connectivity index (χ2v) is 5.80. The van der Waals surface area contributed by atoms with Gasteiger partial charge in [-0.05, 0) is 17.7 Å². The molecule has 114 valence electrons. The van der Waals surface area contributed by atoms with Crippen LogP contribution in [-0.4, -0.2) is 37.0 Å². The van der Waals surface area contributed by atoms with Gasteiger partial charge in [-0.2, -0.15) is 0 Å². The molecule has 2 aromatic carbocycles. The molecule has 2 aromatic rings. The summed E-state index contributed by atoms with van der Waals surface area (Å²) in [7, 11) is 0. The van der Waals surface area contributed by atoms with Crippen molar-refractivity contribution in [3.05, 3.63) is 70.2 Å². The zero-order valence-corrected chi connectivity index (χ0v) is 13.1. The Balaban J connectivity index is 1.71. The first-order valence-electron chi connectivity index (χ1n) is 7.42. The van der Waals surface area contributed by atoms with Gasteiger partial charge in [0, 0.05) is 30.8 Å². The summed E-state index contributed by atoms with van der Waals surface area (Å²) in [5.41, 5.74) is 2.42. The zero-order valence-electron chi connectivity index (χ0n) is 12.3. The molecular formula is C18H18ClNO2. The highest BCUT2D eigenvalue weighted by atomic mass is 35.5. The van der Waals surface area contributed by atoms with E-state index in [2.05, 4.69) is 4.90 Å². The molecule has 0 atom stereocenters. The molecule has 3 nitrogen and oxygen atoms in total. The maximum atomic E-state index is 12.5. The van der Waals surface area contributed by atoms with Crippen molar-refractivity contribution < 1.29 is 9.53 Å². The molecule has 1 aliphatic rings. The van der Waals surface area contributed by atoms with Crippen LogP contribution in [0.5, 0.6) is 0 Å². The minimum atomic E-state index is -0.0384. The van der Waals surface area contributed by atoms with Gasteiger partial charge in [-0.25, -0.2) is 0 Å². The molecule has 1 saturated heterocycles. The Bertz CT molecular complexity index is 648. The number of carbonyl (C=O) groups excluding carboxylic acids is 1. The molecule has 0 unspecified atom stereocenters. The second kappa shape index (κ2) is 7.05. The third kappa shape index (κ3) is 3.55. The minimum absolute atomic E-state index is 0.0384. The molecule has 1 fully saturated rings. The molecule has 1 aliphatic heterocycles. The average Bonchev–Trinajstić information content (AvgIpc) is 2.56. The van der Waals surface area contributed by atoms with Gasteiger partial charge in [0.15, 0.2) is 5.78 Å². The zero-order chi connectivity index (χ0) is 15.4. The molecule has 3 rings (SSSR count). The Labute approximate surface area is 135 Å². The first-order chi connectivity index (χ1) is 10.7. The monoisotopic (exact) mass is 315 g/mol. The number of carbonyl (C=O) groups is 1. The van der Waals surface area contributed by atoms with Crippen LogP contribution in [0, 0.1) is 0 Å². The molecule has 0 bridgehead atoms. The first kappa shape index (κ1) is 15.2. The Hall–Kier alpha value is -1.68. The summed E-state index contributed by atoms with van der Waals surface area (Å²) < 4.78 is 5.35. The largest absolute Gasteiger partial charge is 0.379 e. The van der Waals surface area contributed by atoms with Crippen molar-refractivity contribution in [2.75, 3.05) is 26.3 Å². The quantitative estimate of drug-likeness (QED) is 0.810. The van der Waals surface area contributed by atoms with Gasteiger partial charge < -0.3 is 4.74 Å². The summed E-state index contributed by atoms with van der Waals surface area (Å²) in [5.74, 6) is -0.0384. The molecular weight excluding hydrogens is 298 g/mol. The number of ketones is 1. The SMILES string of the molecule is O=C(c1ccc(CN2CCOCC2)cc1)c1ccccc1Cl. The molecule has 22 heavy (non-hydrogen) atoms. The van der Waals surface area contributed by atoms with Crippen LogP contribution in [0.2, 0.25) is 5.02 Å². The number of benzene rings is 2. The molecule has 0 radical (unpaired) electrons. The molecule has 0 spiro atoms. The topological polar surface area (TPSA) is 29.5 Å². The summed E-state index contributed by atoms with van der Waals surface area (Å²) in [6, 6.07) is 14.9. The van der Waals surface area contributed by atoms with E-state index in [9.17, 15) is 4.79 Å². The number of hydrogen-bond donors (Lipinski definition) is 0. The van der Waals surface area contributed by atoms with Crippen LogP contribution in [-0.2, 0) is 11.3 Å². The lowest BCUT2D eigenvalue weighted by Crippen LogP contribution is -2.35. The van der Waals surface area contributed by atoms with Crippen LogP contribution in [0.25, 0.3) is 0 Å². The van der Waals surface area contributed by atoms with E-state index in [1.807, 2.05) is 36.4 Å². The predicted molar refractivity (Wildman–Crippen MR) is 87.4 cm³/mol. The molecule has 1 heterocycles. The number of rotatable bonds is 4. The van der Waals surface area contributed by atoms with Crippen molar-refractivity contribution in [1.29, 1.82) is 0 Å². The van der Waals surface area contributed by atoms with Gasteiger partial charge in [-0.15, -0.1) is 0 Å². The van der Waals surface area contributed by atoms with Gasteiger partial charge in [-0.3, -0.25) is 9.69 Å². The van der Waals surface area contributed by atoms with Crippen LogP contribution in [0.4, 0.5) is 0 Å². The molecule has 0 saturated carbocycles. The van der Waals surface area contributed by atoms with Crippen LogP contribution >= 0.6 is 11.6 Å². The lowest BCUT2D eigenvalue weighted by atomic mass is 10.0. The molecule has 4 heteroatoms. The van der Waals surface area contributed by atoms with Gasteiger partial charge in [0.25, 0.3) is 0 Å². The van der Waals surface area contributed by atoms with Gasteiger partial charge >= 0.3 is 0 Å². The Morgan fingerprint density at radius 1 is 1.05 bits per heavy atom. The highest BCUT2D eigenvalue weighted by Gasteiger charge is 2.13. The Kier molecular flexibility index (Phi) is 4.88. The van der Waals surface area contributed by atoms with Crippen LogP contribution in [0.15, 0.2) is 48.5 Å². The summed E-state index contributed by atoms with van der Waals surface area (Å²) in [6.07, 6.45) is 0. The highest BCUT2D eigenvalue weighted by Crippen LogP contribution is 2.19. The summed E-state index contributed by atoms with van der Waals surface area (Å²) in [4.78, 5) is 14.8. The summed E-state index contributed by atoms with van der Waals surface area (Å²) in [6.45, 7) is 4.40. The normalized spacial score (nSPS) is 15.7. The van der Waals surface area contributed by atoms with E-state index in [1.165, 1.54) is 5.56 Å². The number of halogens is 1. The number of hydrogen-bond acceptors (Lipinski definition) is 3. The number of ether oxygens (including phenoxy) is 1. The van der Waals surface area contributed by atoms with E-state index < -0.39 is 0 Å². The van der Waals surface area contributed by atoms with Crippen LogP contribution in [0.1, 0.15) is 21.5 Å². The second-order valence-electron chi connectivity index (χ2n) is 5.39. The fraction of sp³-hybridized carbons (Fsp3) is 0.278. The van der Waals surface area contributed by atoms with E-state index >= 15 is 0 Å². The van der Waals surface area contributed by atoms with E-state index in [4.69, 9.17) is 16.3 Å². The minimum Gasteiger partial charge on any atom is -0.379 e. The maximum absolute atomic E-state index is 12.5. The van der Waals surface area contributed by atoms with Crippen molar-refractivity contribution in [1.82, 2.24) is 4.90 Å². The fourth-order valence-electron chi connectivity index (χ4n) is 2.58. The van der Waals surface area contributed by atoms with Gasteiger partial charge in [0.2, 0.25) is 0 Å². The summed E-state index contributed by atoms with van der Waals surface area (Å²) >= 11 is 6.09. The van der Waals surface area contributed by atoms with Crippen molar-refractivity contribution in [2.45, 2.75) is 6.54 Å². The highest BCUT2D eigenvalue weighted by molar-refractivity contribution is 6.34. The standard InChI is InChI=1S/C18H18ClNO2/c19-17-4-2-1-3-16(17)18(21)15-7-5-14(6-8-15)13-20-9-11-22-12-10-20/h1-8H,9-13H2. The maximum Gasteiger partial charge on any atom is 0.194 e. The lowest BCUT2D eigenvalue weighted by molar-refractivity contribution is 0.0342. The van der Waals surface area contributed by atoms with Crippen molar-refractivity contribution in [3.63, 3.8) is 0 Å². The predicted octanol–water partition coefficient (Wildman–Crippen LogP) is 3.40. The fourth-order valence-corrected chi connectivity index (χ4v) is 2.80. The molecule has 0 N–H and O–H groups in total. The van der Waals surface area contributed by atoms with E-state index in [-0.39, 0.29) is 5.78 Å². The number of nitrogens with zero attached hydrogens (tertiary/aromatic N) is 1. The van der Waals surface area contributed by atoms with E-state index in [1.54, 1.807) is 12.1 Å². The van der Waals surface area contributed by atoms with Gasteiger partial charge in [0.1, 0.15) is 0 Å². The van der Waals surface area contributed by atoms with Crippen molar-refractivity contribution in [2.24, 2.45) is 0 Å². The third-order valence-electron chi connectivity index (χ3n) is 3.84. The van der Waals surface area contributed by atoms with Crippen LogP contribution < -0.4 is 0 Å².